The minimum absolute atomic E-state index is 0.246. The van der Waals surface area contributed by atoms with Crippen LogP contribution in [0.5, 0.6) is 0 Å². The number of hydrogen-bond donors (Lipinski definition) is 1. The lowest BCUT2D eigenvalue weighted by molar-refractivity contribution is 0.0588. The summed E-state index contributed by atoms with van der Waals surface area (Å²) < 4.78 is 29.5. The number of aromatic amines is 1. The number of pyridine rings is 1. The number of H-pyrrole nitrogens is 1. The molecule has 0 unspecified atom stereocenters. The average Bonchev–Trinajstić information content (AvgIpc) is 2.26. The first kappa shape index (κ1) is 12.8. The van der Waals surface area contributed by atoms with Gasteiger partial charge in [0.1, 0.15) is 0 Å². The van der Waals surface area contributed by atoms with E-state index in [0.29, 0.717) is 5.69 Å². The van der Waals surface area contributed by atoms with Crippen LogP contribution in [0.3, 0.4) is 0 Å². The summed E-state index contributed by atoms with van der Waals surface area (Å²) in [6.07, 6.45) is -3.03. The molecule has 0 atom stereocenters. The van der Waals surface area contributed by atoms with Crippen LogP contribution >= 0.6 is 15.9 Å². The smallest absolute Gasteiger partial charge is 0.338 e. The minimum Gasteiger partial charge on any atom is -0.465 e. The predicted molar refractivity (Wildman–Crippen MR) is 56.0 cm³/mol. The molecule has 0 aliphatic rings. The van der Waals surface area contributed by atoms with Crippen molar-refractivity contribution in [3.63, 3.8) is 0 Å². The van der Waals surface area contributed by atoms with E-state index in [2.05, 4.69) is 25.7 Å². The highest BCUT2D eigenvalue weighted by atomic mass is 79.9. The van der Waals surface area contributed by atoms with Gasteiger partial charge in [-0.25, -0.2) is 13.6 Å². The fourth-order valence-corrected chi connectivity index (χ4v) is 1.49. The van der Waals surface area contributed by atoms with Crippen molar-refractivity contribution in [3.8, 4) is 0 Å². The van der Waals surface area contributed by atoms with E-state index in [1.165, 1.54) is 6.07 Å². The zero-order valence-corrected chi connectivity index (χ0v) is 9.81. The van der Waals surface area contributed by atoms with Gasteiger partial charge in [0, 0.05) is 11.0 Å². The maximum absolute atomic E-state index is 12.6. The molecule has 1 aromatic rings. The molecule has 0 fully saturated rings. The lowest BCUT2D eigenvalue weighted by Gasteiger charge is -2.07. The third-order valence-electron chi connectivity index (χ3n) is 1.89. The second kappa shape index (κ2) is 5.20. The Hall–Kier alpha value is -1.24. The quantitative estimate of drug-likeness (QED) is 0.685. The normalized spacial score (nSPS) is 10.6. The molecule has 0 spiro atoms. The van der Waals surface area contributed by atoms with Crippen molar-refractivity contribution < 1.29 is 18.3 Å². The molecule has 0 aliphatic heterocycles. The fraction of sp³-hybridized carbons (Fsp3) is 0.333. The molecule has 0 amide bonds. The summed E-state index contributed by atoms with van der Waals surface area (Å²) in [4.78, 5) is 24.8. The molecule has 1 rings (SSSR count). The topological polar surface area (TPSA) is 59.2 Å². The van der Waals surface area contributed by atoms with Gasteiger partial charge < -0.3 is 9.72 Å². The number of carbonyl (C=O) groups excluding carboxylic acids is 1. The average molecular weight is 296 g/mol. The van der Waals surface area contributed by atoms with E-state index < -0.39 is 29.1 Å². The molecule has 16 heavy (non-hydrogen) atoms. The molecule has 0 aromatic carbocycles. The van der Waals surface area contributed by atoms with E-state index in [1.54, 1.807) is 0 Å². The Morgan fingerprint density at radius 3 is 2.69 bits per heavy atom. The molecular weight excluding hydrogens is 288 g/mol. The lowest BCUT2D eigenvalue weighted by atomic mass is 10.1. The van der Waals surface area contributed by atoms with Crippen LogP contribution < -0.4 is 5.56 Å². The minimum atomic E-state index is -3.03. The first-order valence-corrected chi connectivity index (χ1v) is 5.32. The Morgan fingerprint density at radius 1 is 1.62 bits per heavy atom. The standard InChI is InChI=1S/C9H8BrF2NO3/c1-16-9(15)5-2-4(3-10)13-8(14)6(5)7(11)12/h2,7H,3H2,1H3,(H,13,14). The molecule has 1 aromatic heterocycles. The van der Waals surface area contributed by atoms with E-state index in [0.717, 1.165) is 7.11 Å². The molecule has 1 heterocycles. The summed E-state index contributed by atoms with van der Waals surface area (Å²) in [5.74, 6) is -0.955. The van der Waals surface area contributed by atoms with Gasteiger partial charge in [0.05, 0.1) is 18.2 Å². The predicted octanol–water partition coefficient (Wildman–Crippen LogP) is 1.99. The molecule has 0 saturated heterocycles. The Labute approximate surface area is 97.7 Å². The summed E-state index contributed by atoms with van der Waals surface area (Å²) in [5, 5.41) is 0.246. The molecule has 1 N–H and O–H groups in total. The van der Waals surface area contributed by atoms with Crippen LogP contribution in [0.1, 0.15) is 28.0 Å². The second-order valence-electron chi connectivity index (χ2n) is 2.88. The van der Waals surface area contributed by atoms with Crippen molar-refractivity contribution in [2.24, 2.45) is 0 Å². The van der Waals surface area contributed by atoms with Crippen LogP contribution in [0.15, 0.2) is 10.9 Å². The van der Waals surface area contributed by atoms with Crippen molar-refractivity contribution in [3.05, 3.63) is 33.2 Å². The largest absolute Gasteiger partial charge is 0.465 e. The van der Waals surface area contributed by atoms with E-state index in [-0.39, 0.29) is 5.33 Å². The Balaban J connectivity index is 3.46. The number of ether oxygens (including phenoxy) is 1. The van der Waals surface area contributed by atoms with Crippen LogP contribution in [0.25, 0.3) is 0 Å². The lowest BCUT2D eigenvalue weighted by Crippen LogP contribution is -2.21. The monoisotopic (exact) mass is 295 g/mol. The fourth-order valence-electron chi connectivity index (χ4n) is 1.19. The number of halogens is 3. The summed E-state index contributed by atoms with van der Waals surface area (Å²) >= 11 is 3.05. The Kier molecular flexibility index (Phi) is 4.17. The number of aromatic nitrogens is 1. The number of alkyl halides is 3. The Bertz CT molecular complexity index is 459. The molecule has 7 heteroatoms. The maximum atomic E-state index is 12.6. The van der Waals surface area contributed by atoms with Crippen LogP contribution in [0.4, 0.5) is 8.78 Å². The van der Waals surface area contributed by atoms with Gasteiger partial charge in [0.25, 0.3) is 12.0 Å². The van der Waals surface area contributed by atoms with Crippen molar-refractivity contribution in [1.29, 1.82) is 0 Å². The number of carbonyl (C=O) groups is 1. The van der Waals surface area contributed by atoms with Gasteiger partial charge >= 0.3 is 5.97 Å². The number of nitrogens with one attached hydrogen (secondary N) is 1. The number of esters is 1. The first-order valence-electron chi connectivity index (χ1n) is 4.19. The number of rotatable bonds is 3. The zero-order valence-electron chi connectivity index (χ0n) is 8.22. The van der Waals surface area contributed by atoms with Crippen LogP contribution in [-0.2, 0) is 10.1 Å². The van der Waals surface area contributed by atoms with Gasteiger partial charge in [0.2, 0.25) is 0 Å². The molecule has 0 bridgehead atoms. The van der Waals surface area contributed by atoms with Crippen molar-refractivity contribution in [2.75, 3.05) is 7.11 Å². The van der Waals surface area contributed by atoms with Crippen molar-refractivity contribution in [1.82, 2.24) is 4.98 Å². The summed E-state index contributed by atoms with van der Waals surface area (Å²) in [5.41, 5.74) is -1.92. The molecular formula is C9H8BrF2NO3. The van der Waals surface area contributed by atoms with E-state index in [1.807, 2.05) is 0 Å². The van der Waals surface area contributed by atoms with Crippen molar-refractivity contribution in [2.45, 2.75) is 11.8 Å². The van der Waals surface area contributed by atoms with Crippen molar-refractivity contribution >= 4 is 21.9 Å². The van der Waals surface area contributed by atoms with Gasteiger partial charge in [-0.3, -0.25) is 4.79 Å². The van der Waals surface area contributed by atoms with Crippen LogP contribution in [-0.4, -0.2) is 18.1 Å². The Morgan fingerprint density at radius 2 is 2.25 bits per heavy atom. The number of hydrogen-bond acceptors (Lipinski definition) is 3. The molecule has 0 radical (unpaired) electrons. The first-order chi connectivity index (χ1) is 7.51. The summed E-state index contributed by atoms with van der Waals surface area (Å²) in [6.45, 7) is 0. The molecule has 4 nitrogen and oxygen atoms in total. The maximum Gasteiger partial charge on any atom is 0.338 e. The SMILES string of the molecule is COC(=O)c1cc(CBr)[nH]c(=O)c1C(F)F. The molecule has 0 aliphatic carbocycles. The van der Waals surface area contributed by atoms with Crippen LogP contribution in [0, 0.1) is 0 Å². The highest BCUT2D eigenvalue weighted by molar-refractivity contribution is 9.08. The third kappa shape index (κ3) is 2.46. The third-order valence-corrected chi connectivity index (χ3v) is 2.50. The van der Waals surface area contributed by atoms with Gasteiger partial charge in [-0.1, -0.05) is 15.9 Å². The summed E-state index contributed by atoms with van der Waals surface area (Å²) in [7, 11) is 1.06. The van der Waals surface area contributed by atoms with Gasteiger partial charge in [-0.15, -0.1) is 0 Å². The van der Waals surface area contributed by atoms with Gasteiger partial charge in [-0.05, 0) is 6.07 Å². The highest BCUT2D eigenvalue weighted by Crippen LogP contribution is 2.20. The zero-order chi connectivity index (χ0) is 12.3. The molecule has 88 valence electrons. The number of methoxy groups -OCH3 is 1. The summed E-state index contributed by atoms with van der Waals surface area (Å²) in [6, 6.07) is 1.17. The van der Waals surface area contributed by atoms with E-state index in [9.17, 15) is 18.4 Å². The highest BCUT2D eigenvalue weighted by Gasteiger charge is 2.23. The van der Waals surface area contributed by atoms with Gasteiger partial charge in [0.15, 0.2) is 0 Å². The molecule has 0 saturated carbocycles. The van der Waals surface area contributed by atoms with Gasteiger partial charge in [-0.2, -0.15) is 0 Å². The van der Waals surface area contributed by atoms with E-state index >= 15 is 0 Å². The van der Waals surface area contributed by atoms with E-state index in [4.69, 9.17) is 0 Å². The van der Waals surface area contributed by atoms with Crippen LogP contribution in [0.2, 0.25) is 0 Å². The second-order valence-corrected chi connectivity index (χ2v) is 3.44.